The van der Waals surface area contributed by atoms with E-state index in [1.807, 2.05) is 24.3 Å². The summed E-state index contributed by atoms with van der Waals surface area (Å²) < 4.78 is 22.6. The number of amides is 1. The van der Waals surface area contributed by atoms with E-state index in [1.165, 1.54) is 75.2 Å². The molecule has 0 aliphatic heterocycles. The molecule has 0 atom stereocenters. The maximum Gasteiger partial charge on any atom is 0.228 e. The molecule has 220 valence electrons. The van der Waals surface area contributed by atoms with E-state index in [-0.39, 0.29) is 35.1 Å². The van der Waals surface area contributed by atoms with Crippen LogP contribution in [-0.4, -0.2) is 12.5 Å². The average molecular weight is 634 g/mol. The molecule has 1 N–H and O–H groups in total. The van der Waals surface area contributed by atoms with Crippen LogP contribution in [0, 0.1) is 12.7 Å². The van der Waals surface area contributed by atoms with Crippen molar-refractivity contribution in [2.75, 3.05) is 11.9 Å². The Morgan fingerprint density at radius 1 is 0.875 bits per heavy atom. The third-order valence-corrected chi connectivity index (χ3v) is 7.86. The highest BCUT2D eigenvalue weighted by Gasteiger charge is 2.16. The van der Waals surface area contributed by atoms with E-state index in [0.29, 0.717) is 18.7 Å². The molecule has 0 aliphatic rings. The average Bonchev–Trinajstić information content (AvgIpc) is 3.33. The molecule has 1 amide bonds. The number of benzene rings is 2. The van der Waals surface area contributed by atoms with Crippen molar-refractivity contribution in [3.8, 4) is 5.75 Å². The van der Waals surface area contributed by atoms with E-state index in [2.05, 4.69) is 35.4 Å². The van der Waals surface area contributed by atoms with Gasteiger partial charge in [0.05, 0.1) is 23.6 Å². The van der Waals surface area contributed by atoms with E-state index in [1.54, 1.807) is 23.5 Å². The van der Waals surface area contributed by atoms with Crippen molar-refractivity contribution in [3.63, 3.8) is 0 Å². The summed E-state index contributed by atoms with van der Waals surface area (Å²) in [4.78, 5) is 14.2. The Bertz CT molecular complexity index is 1140. The second kappa shape index (κ2) is 19.8. The summed E-state index contributed by atoms with van der Waals surface area (Å²) >= 11 is 1.69. The molecule has 7 heteroatoms. The number of hydrogen-bond acceptors (Lipinski definition) is 3. The number of carbonyl (C=O) groups excluding carboxylic acids is 1. The number of thiazole rings is 1. The maximum absolute atomic E-state index is 14.6. The molecule has 3 rings (SSSR count). The molecule has 0 spiro atoms. The van der Waals surface area contributed by atoms with Gasteiger partial charge in [-0.1, -0.05) is 119 Å². The fourth-order valence-corrected chi connectivity index (χ4v) is 5.48. The number of halogens is 2. The van der Waals surface area contributed by atoms with Crippen LogP contribution < -0.4 is 31.6 Å². The first-order valence-electron chi connectivity index (χ1n) is 14.8. The van der Waals surface area contributed by atoms with Gasteiger partial charge in [0.2, 0.25) is 11.4 Å². The molecule has 1 heterocycles. The molecule has 0 bridgehead atoms. The van der Waals surface area contributed by atoms with Crippen LogP contribution in [0.15, 0.2) is 54.2 Å². The van der Waals surface area contributed by atoms with Gasteiger partial charge in [0.15, 0.2) is 24.3 Å². The van der Waals surface area contributed by atoms with E-state index in [0.717, 1.165) is 24.1 Å². The highest BCUT2D eigenvalue weighted by Crippen LogP contribution is 2.25. The molecule has 4 nitrogen and oxygen atoms in total. The fraction of sp³-hybridized carbons (Fsp3) is 0.515. The number of nitrogens with zero attached hydrogens (tertiary/aromatic N) is 1. The molecule has 0 fully saturated rings. The zero-order valence-corrected chi connectivity index (χ0v) is 26.6. The number of ether oxygens (including phenoxy) is 1. The molecular formula is C33H46BrFN2O2S. The van der Waals surface area contributed by atoms with E-state index in [4.69, 9.17) is 4.74 Å². The first-order chi connectivity index (χ1) is 19.1. The molecule has 2 aromatic carbocycles. The Morgan fingerprint density at radius 2 is 1.50 bits per heavy atom. The quantitative estimate of drug-likeness (QED) is 0.134. The standard InChI is InChI=1S/C33H45FN2O2S.BrH/c1-3-4-5-6-7-8-9-10-11-12-13-16-22-38-33-28(19-17-20-30(33)34)23-32(37)35-31-21-15-14-18-29(31)25-36-24-27(2)39-26-36;/h14-15,17-21,24,26H,3-13,16,22-23,25H2,1-2H3;1H. The summed E-state index contributed by atoms with van der Waals surface area (Å²) in [6.07, 6.45) is 17.4. The zero-order valence-electron chi connectivity index (χ0n) is 24.2. The van der Waals surface area contributed by atoms with Gasteiger partial charge in [0.25, 0.3) is 0 Å². The lowest BCUT2D eigenvalue weighted by molar-refractivity contribution is -0.683. The SMILES string of the molecule is CCCCCCCCCCCCCCOc1c(F)cccc1CC(=O)Nc1ccccc1C[n+]1csc(C)c1.[Br-]. The van der Waals surface area contributed by atoms with Crippen molar-refractivity contribution in [3.05, 3.63) is 76.0 Å². The second-order valence-electron chi connectivity index (χ2n) is 10.5. The molecule has 0 saturated carbocycles. The van der Waals surface area contributed by atoms with Crippen LogP contribution >= 0.6 is 11.3 Å². The monoisotopic (exact) mass is 632 g/mol. The molecule has 0 unspecified atom stereocenters. The van der Waals surface area contributed by atoms with Crippen molar-refractivity contribution in [1.29, 1.82) is 0 Å². The normalized spacial score (nSPS) is 10.8. The number of aryl methyl sites for hydroxylation is 1. The number of rotatable bonds is 19. The van der Waals surface area contributed by atoms with Gasteiger partial charge in [0.1, 0.15) is 0 Å². The van der Waals surface area contributed by atoms with Crippen LogP contribution in [-0.2, 0) is 17.8 Å². The molecule has 3 aromatic rings. The van der Waals surface area contributed by atoms with Gasteiger partial charge < -0.3 is 27.0 Å². The van der Waals surface area contributed by atoms with E-state index in [9.17, 15) is 9.18 Å². The van der Waals surface area contributed by atoms with Gasteiger partial charge in [-0.15, -0.1) is 0 Å². The lowest BCUT2D eigenvalue weighted by atomic mass is 10.1. The first-order valence-corrected chi connectivity index (χ1v) is 15.7. The number of carbonyl (C=O) groups is 1. The highest BCUT2D eigenvalue weighted by molar-refractivity contribution is 7.09. The molecule has 40 heavy (non-hydrogen) atoms. The van der Waals surface area contributed by atoms with E-state index < -0.39 is 5.82 Å². The first kappa shape index (κ1) is 34.0. The number of unbranched alkanes of at least 4 members (excludes halogenated alkanes) is 11. The summed E-state index contributed by atoms with van der Waals surface area (Å²) in [5.74, 6) is -0.396. The summed E-state index contributed by atoms with van der Waals surface area (Å²) in [6.45, 7) is 5.47. The summed E-state index contributed by atoms with van der Waals surface area (Å²) in [6, 6.07) is 12.6. The maximum atomic E-state index is 14.6. The Kier molecular flexibility index (Phi) is 16.8. The molecule has 0 aliphatic carbocycles. The number of aromatic nitrogens is 1. The van der Waals surface area contributed by atoms with Crippen LogP contribution in [0.2, 0.25) is 0 Å². The third kappa shape index (κ3) is 12.5. The third-order valence-electron chi connectivity index (χ3n) is 7.01. The predicted octanol–water partition coefficient (Wildman–Crippen LogP) is 5.80. The number of anilines is 1. The molecule has 1 aromatic heterocycles. The Labute approximate surface area is 255 Å². The Hall–Kier alpha value is -2.25. The number of para-hydroxylation sites is 2. The van der Waals surface area contributed by atoms with Gasteiger partial charge in [-0.2, -0.15) is 4.57 Å². The molecular weight excluding hydrogens is 587 g/mol. The number of nitrogens with one attached hydrogen (secondary N) is 1. The van der Waals surface area contributed by atoms with Crippen LogP contribution in [0.3, 0.4) is 0 Å². The van der Waals surface area contributed by atoms with Crippen molar-refractivity contribution < 1.29 is 35.5 Å². The summed E-state index contributed by atoms with van der Waals surface area (Å²) in [5, 5.41) is 3.02. The Balaban J connectivity index is 0.00000560. The zero-order chi connectivity index (χ0) is 27.7. The van der Waals surface area contributed by atoms with Crippen molar-refractivity contribution in [1.82, 2.24) is 0 Å². The van der Waals surface area contributed by atoms with Crippen LogP contribution in [0.1, 0.15) is 100.0 Å². The van der Waals surface area contributed by atoms with Gasteiger partial charge in [-0.05, 0) is 25.5 Å². The van der Waals surface area contributed by atoms with Gasteiger partial charge in [0, 0.05) is 11.1 Å². The van der Waals surface area contributed by atoms with Gasteiger partial charge >= 0.3 is 0 Å². The largest absolute Gasteiger partial charge is 1.00 e. The summed E-state index contributed by atoms with van der Waals surface area (Å²) in [5.41, 5.74) is 4.44. The highest BCUT2D eigenvalue weighted by atomic mass is 79.9. The van der Waals surface area contributed by atoms with Crippen LogP contribution in [0.4, 0.5) is 10.1 Å². The van der Waals surface area contributed by atoms with Crippen LogP contribution in [0.25, 0.3) is 0 Å². The summed E-state index contributed by atoms with van der Waals surface area (Å²) in [7, 11) is 0. The smallest absolute Gasteiger partial charge is 0.228 e. The lowest BCUT2D eigenvalue weighted by Crippen LogP contribution is -3.00. The lowest BCUT2D eigenvalue weighted by Gasteiger charge is -2.13. The minimum Gasteiger partial charge on any atom is -1.00 e. The minimum atomic E-state index is -0.413. The van der Waals surface area contributed by atoms with Crippen molar-refractivity contribution in [2.24, 2.45) is 0 Å². The molecule has 0 saturated heterocycles. The topological polar surface area (TPSA) is 42.2 Å². The number of hydrogen-bond donors (Lipinski definition) is 1. The van der Waals surface area contributed by atoms with Crippen molar-refractivity contribution >= 4 is 22.9 Å². The van der Waals surface area contributed by atoms with Gasteiger partial charge in [-0.3, -0.25) is 4.79 Å². The minimum absolute atomic E-state index is 0. The van der Waals surface area contributed by atoms with Crippen molar-refractivity contribution in [2.45, 2.75) is 104 Å². The van der Waals surface area contributed by atoms with Gasteiger partial charge in [-0.25, -0.2) is 4.39 Å². The second-order valence-corrected chi connectivity index (χ2v) is 11.6. The predicted molar refractivity (Wildman–Crippen MR) is 160 cm³/mol. The fourth-order valence-electron chi connectivity index (χ4n) is 4.84. The molecule has 0 radical (unpaired) electrons. The Morgan fingerprint density at radius 3 is 2.15 bits per heavy atom. The van der Waals surface area contributed by atoms with E-state index >= 15 is 0 Å². The van der Waals surface area contributed by atoms with Crippen LogP contribution in [0.5, 0.6) is 5.75 Å².